The topological polar surface area (TPSA) is 91.2 Å². The molecule has 3 rings (SSSR count). The fourth-order valence-electron chi connectivity index (χ4n) is 2.57. The predicted octanol–water partition coefficient (Wildman–Crippen LogP) is 1.14. The first-order valence-electron chi connectivity index (χ1n) is 6.64. The monoisotopic (exact) mass is 301 g/mol. The van der Waals surface area contributed by atoms with Gasteiger partial charge in [0.2, 0.25) is 5.95 Å². The summed E-state index contributed by atoms with van der Waals surface area (Å²) in [4.78, 5) is 12.2. The third-order valence-electron chi connectivity index (χ3n) is 3.55. The van der Waals surface area contributed by atoms with Crippen LogP contribution >= 0.6 is 0 Å². The zero-order chi connectivity index (χ0) is 15.7. The van der Waals surface area contributed by atoms with Gasteiger partial charge in [-0.2, -0.15) is 4.68 Å². The number of hydrogen-bond acceptors (Lipinski definition) is 7. The summed E-state index contributed by atoms with van der Waals surface area (Å²) >= 11 is 0. The molecule has 0 saturated heterocycles. The van der Waals surface area contributed by atoms with E-state index in [0.717, 1.165) is 5.56 Å². The Kier molecular flexibility index (Phi) is 3.50. The van der Waals surface area contributed by atoms with Crippen molar-refractivity contribution in [3.8, 4) is 5.75 Å². The Hall–Kier alpha value is -2.90. The average Bonchev–Trinajstić information content (AvgIpc) is 3.00. The molecule has 1 aliphatic heterocycles. The van der Waals surface area contributed by atoms with E-state index in [0.29, 0.717) is 23.0 Å². The second-order valence-corrected chi connectivity index (χ2v) is 4.75. The lowest BCUT2D eigenvalue weighted by Crippen LogP contribution is -2.29. The number of anilines is 1. The van der Waals surface area contributed by atoms with Crippen LogP contribution in [0.1, 0.15) is 18.5 Å². The van der Waals surface area contributed by atoms with E-state index >= 15 is 0 Å². The van der Waals surface area contributed by atoms with Crippen LogP contribution in [-0.4, -0.2) is 40.4 Å². The number of aromatic nitrogens is 4. The fourth-order valence-corrected chi connectivity index (χ4v) is 2.57. The Bertz CT molecular complexity index is 752. The number of ether oxygens (including phenoxy) is 2. The van der Waals surface area contributed by atoms with Crippen molar-refractivity contribution in [1.29, 1.82) is 0 Å². The van der Waals surface area contributed by atoms with Gasteiger partial charge in [0.05, 0.1) is 19.8 Å². The molecule has 0 spiro atoms. The van der Waals surface area contributed by atoms with Crippen molar-refractivity contribution in [1.82, 2.24) is 20.2 Å². The maximum absolute atomic E-state index is 12.2. The quantitative estimate of drug-likeness (QED) is 0.850. The molecule has 1 aliphatic rings. The molecule has 0 aliphatic carbocycles. The van der Waals surface area contributed by atoms with Gasteiger partial charge in [-0.25, -0.2) is 4.79 Å². The molecule has 0 radical (unpaired) electrons. The number of methoxy groups -OCH3 is 2. The van der Waals surface area contributed by atoms with E-state index in [1.807, 2.05) is 24.3 Å². The molecular weight excluding hydrogens is 286 g/mol. The van der Waals surface area contributed by atoms with Crippen molar-refractivity contribution in [3.05, 3.63) is 41.1 Å². The van der Waals surface area contributed by atoms with E-state index in [-0.39, 0.29) is 0 Å². The number of nitrogens with one attached hydrogen (secondary N) is 1. The van der Waals surface area contributed by atoms with Crippen molar-refractivity contribution >= 4 is 11.9 Å². The summed E-state index contributed by atoms with van der Waals surface area (Å²) in [5.41, 5.74) is 1.86. The Morgan fingerprint density at radius 1 is 1.32 bits per heavy atom. The Balaban J connectivity index is 2.23. The van der Waals surface area contributed by atoms with E-state index < -0.39 is 12.0 Å². The lowest BCUT2D eigenvalue weighted by Gasteiger charge is -2.27. The normalized spacial score (nSPS) is 16.8. The number of rotatable bonds is 3. The minimum absolute atomic E-state index is 0.437. The Labute approximate surface area is 126 Å². The summed E-state index contributed by atoms with van der Waals surface area (Å²) < 4.78 is 11.9. The Morgan fingerprint density at radius 3 is 2.82 bits per heavy atom. The van der Waals surface area contributed by atoms with E-state index in [1.165, 1.54) is 11.8 Å². The number of benzene rings is 1. The lowest BCUT2D eigenvalue weighted by molar-refractivity contribution is -0.136. The van der Waals surface area contributed by atoms with Crippen molar-refractivity contribution in [2.24, 2.45) is 0 Å². The molecule has 1 aromatic carbocycles. The standard InChI is InChI=1S/C14H15N5O3/c1-8-11(13(20)22-3)12(19-14(15-8)16-17-18-19)9-6-4-5-7-10(9)21-2/h4-7,12H,1-3H3,(H,15,16,18). The molecule has 1 N–H and O–H groups in total. The van der Waals surface area contributed by atoms with Gasteiger partial charge in [0.15, 0.2) is 0 Å². The highest BCUT2D eigenvalue weighted by Gasteiger charge is 2.36. The lowest BCUT2D eigenvalue weighted by atomic mass is 9.95. The maximum Gasteiger partial charge on any atom is 0.338 e. The molecule has 0 bridgehead atoms. The summed E-state index contributed by atoms with van der Waals surface area (Å²) in [6, 6.07) is 6.91. The molecule has 8 heteroatoms. The minimum atomic E-state index is -0.519. The molecule has 0 fully saturated rings. The van der Waals surface area contributed by atoms with Gasteiger partial charge in [-0.3, -0.25) is 0 Å². The second-order valence-electron chi connectivity index (χ2n) is 4.75. The number of carbonyl (C=O) groups is 1. The largest absolute Gasteiger partial charge is 0.496 e. The third kappa shape index (κ3) is 2.09. The summed E-state index contributed by atoms with van der Waals surface area (Å²) in [7, 11) is 2.92. The number of carbonyl (C=O) groups excluding carboxylic acids is 1. The number of para-hydroxylation sites is 1. The van der Waals surface area contributed by atoms with Crippen LogP contribution in [0.5, 0.6) is 5.75 Å². The van der Waals surface area contributed by atoms with Crippen molar-refractivity contribution in [2.75, 3.05) is 19.5 Å². The van der Waals surface area contributed by atoms with Crippen LogP contribution in [0.15, 0.2) is 35.5 Å². The van der Waals surface area contributed by atoms with Gasteiger partial charge >= 0.3 is 5.97 Å². The summed E-state index contributed by atoms with van der Waals surface area (Å²) in [6.07, 6.45) is 0. The van der Waals surface area contributed by atoms with Gasteiger partial charge in [0.25, 0.3) is 0 Å². The molecule has 2 heterocycles. The first kappa shape index (κ1) is 14.1. The minimum Gasteiger partial charge on any atom is -0.496 e. The van der Waals surface area contributed by atoms with Gasteiger partial charge in [0, 0.05) is 11.3 Å². The average molecular weight is 301 g/mol. The molecule has 1 aromatic heterocycles. The molecule has 0 amide bonds. The first-order chi connectivity index (χ1) is 10.7. The highest BCUT2D eigenvalue weighted by molar-refractivity contribution is 5.92. The van der Waals surface area contributed by atoms with Gasteiger partial charge in [0.1, 0.15) is 11.8 Å². The van der Waals surface area contributed by atoms with E-state index in [9.17, 15) is 4.79 Å². The third-order valence-corrected chi connectivity index (χ3v) is 3.55. The summed E-state index contributed by atoms with van der Waals surface area (Å²) in [5.74, 6) is 0.660. The molecule has 0 saturated carbocycles. The number of tetrazole rings is 1. The molecule has 114 valence electrons. The first-order valence-corrected chi connectivity index (χ1v) is 6.64. The number of allylic oxidation sites excluding steroid dienone is 1. The van der Waals surface area contributed by atoms with Crippen LogP contribution in [0.2, 0.25) is 0 Å². The highest BCUT2D eigenvalue weighted by Crippen LogP contribution is 2.38. The van der Waals surface area contributed by atoms with Gasteiger partial charge in [-0.15, -0.1) is 0 Å². The molecule has 2 aromatic rings. The molecule has 1 unspecified atom stereocenters. The second kappa shape index (κ2) is 5.47. The van der Waals surface area contributed by atoms with Crippen LogP contribution < -0.4 is 10.1 Å². The number of hydrogen-bond donors (Lipinski definition) is 1. The van der Waals surface area contributed by atoms with Crippen molar-refractivity contribution in [3.63, 3.8) is 0 Å². The highest BCUT2D eigenvalue weighted by atomic mass is 16.5. The SMILES string of the molecule is COC(=O)C1=C(C)Nc2nnnn2C1c1ccccc1OC. The molecule has 1 atom stereocenters. The van der Waals surface area contributed by atoms with E-state index in [2.05, 4.69) is 20.8 Å². The molecular formula is C14H15N5O3. The maximum atomic E-state index is 12.2. The van der Waals surface area contributed by atoms with Crippen molar-refractivity contribution in [2.45, 2.75) is 13.0 Å². The predicted molar refractivity (Wildman–Crippen MR) is 77.3 cm³/mol. The number of nitrogens with zero attached hydrogens (tertiary/aromatic N) is 4. The van der Waals surface area contributed by atoms with Gasteiger partial charge in [-0.1, -0.05) is 23.3 Å². The van der Waals surface area contributed by atoms with Crippen LogP contribution in [0.25, 0.3) is 0 Å². The smallest absolute Gasteiger partial charge is 0.338 e. The van der Waals surface area contributed by atoms with Crippen LogP contribution in [0.4, 0.5) is 5.95 Å². The van der Waals surface area contributed by atoms with Crippen LogP contribution in [0, 0.1) is 0 Å². The zero-order valence-electron chi connectivity index (χ0n) is 12.4. The molecule has 22 heavy (non-hydrogen) atoms. The van der Waals surface area contributed by atoms with Crippen molar-refractivity contribution < 1.29 is 14.3 Å². The summed E-state index contributed by atoms with van der Waals surface area (Å²) in [5, 5.41) is 14.6. The number of fused-ring (bicyclic) bond motifs is 1. The fraction of sp³-hybridized carbons (Fsp3) is 0.286. The van der Waals surface area contributed by atoms with Gasteiger partial charge < -0.3 is 14.8 Å². The van der Waals surface area contributed by atoms with E-state index in [4.69, 9.17) is 9.47 Å². The van der Waals surface area contributed by atoms with Crippen LogP contribution in [0.3, 0.4) is 0 Å². The zero-order valence-corrected chi connectivity index (χ0v) is 12.4. The van der Waals surface area contributed by atoms with Crippen LogP contribution in [-0.2, 0) is 9.53 Å². The Morgan fingerprint density at radius 2 is 2.09 bits per heavy atom. The van der Waals surface area contributed by atoms with E-state index in [1.54, 1.807) is 14.0 Å². The van der Waals surface area contributed by atoms with Gasteiger partial charge in [-0.05, 0) is 23.4 Å². The molecule has 8 nitrogen and oxygen atoms in total. The number of esters is 1. The summed E-state index contributed by atoms with van der Waals surface area (Å²) in [6.45, 7) is 1.78.